The Hall–Kier alpha value is -3.11. The lowest BCUT2D eigenvalue weighted by Crippen LogP contribution is -2.15. The number of carbonyl (C=O) groups excluding carboxylic acids is 2. The molecular weight excluding hydrogens is 348 g/mol. The Morgan fingerprint density at radius 2 is 1.35 bits per heavy atom. The average Bonchev–Trinajstić information content (AvgIpc) is 2.63. The van der Waals surface area contributed by atoms with Crippen LogP contribution in [0, 0.1) is 0 Å². The van der Waals surface area contributed by atoms with E-state index in [1.165, 1.54) is 6.92 Å². The van der Waals surface area contributed by atoms with Gasteiger partial charge in [0, 0.05) is 17.5 Å². The van der Waals surface area contributed by atoms with E-state index in [4.69, 9.17) is 11.6 Å². The first-order valence-corrected chi connectivity index (χ1v) is 8.45. The molecule has 4 nitrogen and oxygen atoms in total. The van der Waals surface area contributed by atoms with Gasteiger partial charge in [0.15, 0.2) is 0 Å². The molecule has 0 fully saturated rings. The fourth-order valence-electron chi connectivity index (χ4n) is 2.64. The monoisotopic (exact) mass is 364 g/mol. The molecule has 26 heavy (non-hydrogen) atoms. The van der Waals surface area contributed by atoms with Crippen molar-refractivity contribution in [3.63, 3.8) is 0 Å². The summed E-state index contributed by atoms with van der Waals surface area (Å²) >= 11 is 5.95. The minimum absolute atomic E-state index is 0.201. The third-order valence-electron chi connectivity index (χ3n) is 3.81. The molecule has 2 amide bonds. The van der Waals surface area contributed by atoms with E-state index in [-0.39, 0.29) is 11.8 Å². The van der Waals surface area contributed by atoms with Gasteiger partial charge in [-0.3, -0.25) is 9.59 Å². The van der Waals surface area contributed by atoms with Crippen LogP contribution < -0.4 is 10.6 Å². The molecule has 0 aliphatic heterocycles. The zero-order valence-corrected chi connectivity index (χ0v) is 14.9. The summed E-state index contributed by atoms with van der Waals surface area (Å²) in [5.74, 6) is -0.457. The molecule has 3 aromatic rings. The maximum Gasteiger partial charge on any atom is 0.256 e. The highest BCUT2D eigenvalue weighted by atomic mass is 35.5. The van der Waals surface area contributed by atoms with Gasteiger partial charge in [0.1, 0.15) is 0 Å². The van der Waals surface area contributed by atoms with Gasteiger partial charge in [0.2, 0.25) is 5.91 Å². The lowest BCUT2D eigenvalue weighted by molar-refractivity contribution is -0.114. The zero-order chi connectivity index (χ0) is 18.5. The third-order valence-corrected chi connectivity index (χ3v) is 4.06. The fourth-order valence-corrected chi connectivity index (χ4v) is 2.77. The molecule has 0 aliphatic rings. The summed E-state index contributed by atoms with van der Waals surface area (Å²) in [6, 6.07) is 21.7. The second-order valence-corrected chi connectivity index (χ2v) is 6.17. The van der Waals surface area contributed by atoms with Crippen molar-refractivity contribution < 1.29 is 9.59 Å². The number of benzene rings is 3. The van der Waals surface area contributed by atoms with Crippen molar-refractivity contribution in [2.45, 2.75) is 6.92 Å². The molecule has 3 aromatic carbocycles. The van der Waals surface area contributed by atoms with Crippen LogP contribution in [-0.2, 0) is 4.79 Å². The van der Waals surface area contributed by atoms with Crippen LogP contribution in [0.5, 0.6) is 0 Å². The van der Waals surface area contributed by atoms with Crippen molar-refractivity contribution in [2.75, 3.05) is 10.6 Å². The van der Waals surface area contributed by atoms with E-state index in [1.54, 1.807) is 42.5 Å². The summed E-state index contributed by atoms with van der Waals surface area (Å²) < 4.78 is 0. The maximum absolute atomic E-state index is 12.9. The molecule has 0 radical (unpaired) electrons. The minimum Gasteiger partial charge on any atom is -0.325 e. The normalized spacial score (nSPS) is 10.2. The lowest BCUT2D eigenvalue weighted by atomic mass is 9.99. The Bertz CT molecular complexity index is 952. The van der Waals surface area contributed by atoms with Crippen LogP contribution in [0.25, 0.3) is 11.1 Å². The fraction of sp³-hybridized carbons (Fsp3) is 0.0476. The molecular formula is C21H17ClN2O2. The van der Waals surface area contributed by atoms with E-state index >= 15 is 0 Å². The second kappa shape index (κ2) is 7.85. The van der Waals surface area contributed by atoms with Crippen molar-refractivity contribution in [3.8, 4) is 11.1 Å². The van der Waals surface area contributed by atoms with Gasteiger partial charge in [-0.2, -0.15) is 0 Å². The number of hydrogen-bond acceptors (Lipinski definition) is 2. The van der Waals surface area contributed by atoms with Crippen LogP contribution in [0.3, 0.4) is 0 Å². The topological polar surface area (TPSA) is 58.2 Å². The van der Waals surface area contributed by atoms with Crippen molar-refractivity contribution in [1.29, 1.82) is 0 Å². The summed E-state index contributed by atoms with van der Waals surface area (Å²) in [7, 11) is 0. The smallest absolute Gasteiger partial charge is 0.256 e. The van der Waals surface area contributed by atoms with Gasteiger partial charge in [0.25, 0.3) is 5.91 Å². The van der Waals surface area contributed by atoms with Crippen LogP contribution in [0.4, 0.5) is 11.4 Å². The van der Waals surface area contributed by atoms with Gasteiger partial charge in [-0.15, -0.1) is 0 Å². The molecule has 0 saturated carbocycles. The van der Waals surface area contributed by atoms with Crippen LogP contribution >= 0.6 is 11.6 Å². The Morgan fingerprint density at radius 3 is 2.00 bits per heavy atom. The summed E-state index contributed by atoms with van der Waals surface area (Å²) in [6.45, 7) is 1.43. The van der Waals surface area contributed by atoms with E-state index in [0.29, 0.717) is 22.0 Å². The highest BCUT2D eigenvalue weighted by Gasteiger charge is 2.14. The third kappa shape index (κ3) is 4.10. The van der Waals surface area contributed by atoms with Crippen LogP contribution in [0.15, 0.2) is 72.8 Å². The summed E-state index contributed by atoms with van der Waals surface area (Å²) in [4.78, 5) is 24.2. The van der Waals surface area contributed by atoms with Crippen molar-refractivity contribution in [3.05, 3.63) is 83.4 Å². The van der Waals surface area contributed by atoms with Crippen LogP contribution in [0.2, 0.25) is 5.02 Å². The van der Waals surface area contributed by atoms with Crippen molar-refractivity contribution >= 4 is 34.8 Å². The number of nitrogens with one attached hydrogen (secondary N) is 2. The number of amides is 2. The van der Waals surface area contributed by atoms with Gasteiger partial charge in [-0.1, -0.05) is 54.1 Å². The molecule has 2 N–H and O–H groups in total. The maximum atomic E-state index is 12.9. The number of carbonyl (C=O) groups is 2. The molecule has 0 unspecified atom stereocenters. The van der Waals surface area contributed by atoms with E-state index in [9.17, 15) is 9.59 Å². The highest BCUT2D eigenvalue weighted by molar-refractivity contribution is 6.30. The minimum atomic E-state index is -0.256. The summed E-state index contributed by atoms with van der Waals surface area (Å²) in [5, 5.41) is 6.23. The standard InChI is InChI=1S/C21H17ClN2O2/c1-14(25)23-19-8-4-5-9-20(19)24-21(26)18-7-3-2-6-17(18)15-10-12-16(22)13-11-15/h2-13H,1H3,(H,23,25)(H,24,26). The Labute approximate surface area is 156 Å². The molecule has 0 saturated heterocycles. The highest BCUT2D eigenvalue weighted by Crippen LogP contribution is 2.27. The van der Waals surface area contributed by atoms with Gasteiger partial charge >= 0.3 is 0 Å². The quantitative estimate of drug-likeness (QED) is 0.667. The van der Waals surface area contributed by atoms with Gasteiger partial charge in [0.05, 0.1) is 11.4 Å². The van der Waals surface area contributed by atoms with Crippen LogP contribution in [-0.4, -0.2) is 11.8 Å². The summed E-state index contributed by atoms with van der Waals surface area (Å²) in [6.07, 6.45) is 0. The molecule has 3 rings (SSSR count). The van der Waals surface area contributed by atoms with E-state index in [2.05, 4.69) is 10.6 Å². The first kappa shape index (κ1) is 17.7. The molecule has 0 heterocycles. The van der Waals surface area contributed by atoms with Crippen molar-refractivity contribution in [1.82, 2.24) is 0 Å². The molecule has 0 spiro atoms. The Balaban J connectivity index is 1.92. The lowest BCUT2D eigenvalue weighted by Gasteiger charge is -2.13. The van der Waals surface area contributed by atoms with Crippen molar-refractivity contribution in [2.24, 2.45) is 0 Å². The number of rotatable bonds is 4. The first-order chi connectivity index (χ1) is 12.5. The Morgan fingerprint density at radius 1 is 0.769 bits per heavy atom. The van der Waals surface area contributed by atoms with E-state index in [1.807, 2.05) is 30.3 Å². The number of anilines is 2. The first-order valence-electron chi connectivity index (χ1n) is 8.07. The van der Waals surface area contributed by atoms with Gasteiger partial charge in [-0.05, 0) is 41.5 Å². The van der Waals surface area contributed by atoms with Gasteiger partial charge < -0.3 is 10.6 Å². The predicted molar refractivity (Wildman–Crippen MR) is 106 cm³/mol. The summed E-state index contributed by atoms with van der Waals surface area (Å²) in [5.41, 5.74) is 3.33. The average molecular weight is 365 g/mol. The number of hydrogen-bond donors (Lipinski definition) is 2. The Kier molecular flexibility index (Phi) is 5.34. The molecule has 0 aromatic heterocycles. The largest absolute Gasteiger partial charge is 0.325 e. The molecule has 0 atom stereocenters. The predicted octanol–water partition coefficient (Wildman–Crippen LogP) is 5.22. The van der Waals surface area contributed by atoms with Crippen LogP contribution in [0.1, 0.15) is 17.3 Å². The molecule has 5 heteroatoms. The second-order valence-electron chi connectivity index (χ2n) is 5.73. The van der Waals surface area contributed by atoms with E-state index in [0.717, 1.165) is 11.1 Å². The number of halogens is 1. The van der Waals surface area contributed by atoms with E-state index < -0.39 is 0 Å². The van der Waals surface area contributed by atoms with Gasteiger partial charge in [-0.25, -0.2) is 0 Å². The zero-order valence-electron chi connectivity index (χ0n) is 14.1. The number of para-hydroxylation sites is 2. The molecule has 0 aliphatic carbocycles. The SMILES string of the molecule is CC(=O)Nc1ccccc1NC(=O)c1ccccc1-c1ccc(Cl)cc1. The molecule has 130 valence electrons. The molecule has 0 bridgehead atoms.